The van der Waals surface area contributed by atoms with E-state index in [1.165, 1.54) is 55.0 Å². The molecule has 0 radical (unpaired) electrons. The third-order valence-corrected chi connectivity index (χ3v) is 4.81. The lowest BCUT2D eigenvalue weighted by Crippen LogP contribution is -2.21. The van der Waals surface area contributed by atoms with Crippen molar-refractivity contribution in [3.05, 3.63) is 32.7 Å². The molecule has 20 heavy (non-hydrogen) atoms. The zero-order valence-electron chi connectivity index (χ0n) is 12.7. The Morgan fingerprint density at radius 1 is 1.00 bits per heavy atom. The van der Waals surface area contributed by atoms with E-state index < -0.39 is 0 Å². The average molecular weight is 405 g/mol. The Bertz CT molecular complexity index is 379. The molecule has 0 heterocycles. The molecule has 1 unspecified atom stereocenters. The van der Waals surface area contributed by atoms with Crippen LogP contribution < -0.4 is 5.32 Å². The van der Waals surface area contributed by atoms with Crippen LogP contribution in [0.5, 0.6) is 0 Å². The van der Waals surface area contributed by atoms with E-state index in [9.17, 15) is 0 Å². The third kappa shape index (κ3) is 6.73. The Morgan fingerprint density at radius 2 is 1.70 bits per heavy atom. The highest BCUT2D eigenvalue weighted by Crippen LogP contribution is 2.29. The molecule has 1 N–H and O–H groups in total. The van der Waals surface area contributed by atoms with Gasteiger partial charge in [0.25, 0.3) is 0 Å². The smallest absolute Gasteiger partial charge is 0.0331 e. The average Bonchev–Trinajstić information content (AvgIpc) is 2.42. The highest BCUT2D eigenvalue weighted by atomic mass is 79.9. The van der Waals surface area contributed by atoms with Gasteiger partial charge in [0, 0.05) is 15.0 Å². The van der Waals surface area contributed by atoms with Gasteiger partial charge in [-0.05, 0) is 30.7 Å². The van der Waals surface area contributed by atoms with E-state index in [2.05, 4.69) is 69.2 Å². The normalized spacial score (nSPS) is 12.6. The third-order valence-electron chi connectivity index (χ3n) is 3.63. The van der Waals surface area contributed by atoms with Gasteiger partial charge in [-0.25, -0.2) is 0 Å². The zero-order valence-corrected chi connectivity index (χ0v) is 15.9. The number of rotatable bonds is 10. The second-order valence-electron chi connectivity index (χ2n) is 5.33. The van der Waals surface area contributed by atoms with Crippen molar-refractivity contribution in [3.8, 4) is 0 Å². The van der Waals surface area contributed by atoms with Crippen molar-refractivity contribution in [1.29, 1.82) is 0 Å². The van der Waals surface area contributed by atoms with Gasteiger partial charge in [-0.2, -0.15) is 0 Å². The molecule has 0 amide bonds. The maximum atomic E-state index is 3.69. The van der Waals surface area contributed by atoms with Crippen molar-refractivity contribution in [1.82, 2.24) is 5.32 Å². The highest BCUT2D eigenvalue weighted by Gasteiger charge is 2.13. The summed E-state index contributed by atoms with van der Waals surface area (Å²) in [6, 6.07) is 6.96. The summed E-state index contributed by atoms with van der Waals surface area (Å²) in [5.74, 6) is 0. The lowest BCUT2D eigenvalue weighted by atomic mass is 9.99. The Balaban J connectivity index is 2.47. The van der Waals surface area contributed by atoms with E-state index in [1.807, 2.05) is 0 Å². The molecule has 1 rings (SSSR count). The fraction of sp³-hybridized carbons (Fsp3) is 0.647. The van der Waals surface area contributed by atoms with E-state index in [-0.39, 0.29) is 0 Å². The lowest BCUT2D eigenvalue weighted by Gasteiger charge is -2.20. The summed E-state index contributed by atoms with van der Waals surface area (Å²) in [6.45, 7) is 5.47. The monoisotopic (exact) mass is 403 g/mol. The predicted octanol–water partition coefficient (Wildman–Crippen LogP) is 6.61. The molecule has 0 saturated heterocycles. The maximum Gasteiger partial charge on any atom is 0.0331 e. The van der Waals surface area contributed by atoms with Gasteiger partial charge >= 0.3 is 0 Å². The van der Waals surface area contributed by atoms with Gasteiger partial charge in [0.15, 0.2) is 0 Å². The first-order chi connectivity index (χ1) is 9.69. The molecule has 1 atom stereocenters. The molecule has 1 aromatic rings. The van der Waals surface area contributed by atoms with Crippen molar-refractivity contribution in [2.24, 2.45) is 0 Å². The first kappa shape index (κ1) is 18.2. The number of hydrogen-bond acceptors (Lipinski definition) is 1. The molecule has 0 bridgehead atoms. The lowest BCUT2D eigenvalue weighted by molar-refractivity contribution is 0.475. The molecule has 0 aromatic heterocycles. The summed E-state index contributed by atoms with van der Waals surface area (Å²) in [5.41, 5.74) is 1.38. The standard InChI is InChI=1S/C17H27Br2N/c1-3-5-6-7-8-9-10-17(20-4-2)15-12-11-14(18)13-16(15)19/h11-13,17,20H,3-10H2,1-2H3. The van der Waals surface area contributed by atoms with Crippen LogP contribution in [-0.2, 0) is 0 Å². The molecule has 0 saturated carbocycles. The molecule has 0 aliphatic carbocycles. The van der Waals surface area contributed by atoms with Crippen LogP contribution in [0.1, 0.15) is 70.4 Å². The molecular formula is C17H27Br2N. The molecule has 0 spiro atoms. The summed E-state index contributed by atoms with van der Waals surface area (Å²) in [7, 11) is 0. The number of benzene rings is 1. The van der Waals surface area contributed by atoms with Crippen molar-refractivity contribution < 1.29 is 0 Å². The first-order valence-electron chi connectivity index (χ1n) is 7.87. The summed E-state index contributed by atoms with van der Waals surface area (Å²) in [6.07, 6.45) is 9.37. The van der Waals surface area contributed by atoms with Crippen molar-refractivity contribution in [3.63, 3.8) is 0 Å². The minimum Gasteiger partial charge on any atom is -0.310 e. The van der Waals surface area contributed by atoms with Crippen LogP contribution in [-0.4, -0.2) is 6.54 Å². The Kier molecular flexibility index (Phi) is 9.83. The van der Waals surface area contributed by atoms with Gasteiger partial charge in [-0.1, -0.05) is 90.3 Å². The molecular weight excluding hydrogens is 378 g/mol. The quantitative estimate of drug-likeness (QED) is 0.432. The zero-order chi connectivity index (χ0) is 14.8. The van der Waals surface area contributed by atoms with E-state index in [4.69, 9.17) is 0 Å². The number of unbranched alkanes of at least 4 members (excludes halogenated alkanes) is 5. The van der Waals surface area contributed by atoms with Gasteiger partial charge in [0.1, 0.15) is 0 Å². The fourth-order valence-corrected chi connectivity index (χ4v) is 3.85. The molecule has 1 aromatic carbocycles. The van der Waals surface area contributed by atoms with Gasteiger partial charge < -0.3 is 5.32 Å². The van der Waals surface area contributed by atoms with E-state index in [0.29, 0.717) is 6.04 Å². The predicted molar refractivity (Wildman–Crippen MR) is 96.3 cm³/mol. The molecule has 3 heteroatoms. The SMILES string of the molecule is CCCCCCCCC(NCC)c1ccc(Br)cc1Br. The van der Waals surface area contributed by atoms with Crippen LogP contribution in [0.15, 0.2) is 27.1 Å². The molecule has 0 aliphatic heterocycles. The first-order valence-corrected chi connectivity index (χ1v) is 9.46. The van der Waals surface area contributed by atoms with Crippen molar-refractivity contribution >= 4 is 31.9 Å². The van der Waals surface area contributed by atoms with Gasteiger partial charge in [-0.15, -0.1) is 0 Å². The second-order valence-corrected chi connectivity index (χ2v) is 7.10. The maximum absolute atomic E-state index is 3.69. The summed E-state index contributed by atoms with van der Waals surface area (Å²) in [5, 5.41) is 3.62. The minimum absolute atomic E-state index is 0.466. The van der Waals surface area contributed by atoms with Crippen LogP contribution in [0.3, 0.4) is 0 Å². The van der Waals surface area contributed by atoms with Crippen LogP contribution in [0, 0.1) is 0 Å². The van der Waals surface area contributed by atoms with E-state index >= 15 is 0 Å². The summed E-state index contributed by atoms with van der Waals surface area (Å²) >= 11 is 7.21. The summed E-state index contributed by atoms with van der Waals surface area (Å²) in [4.78, 5) is 0. The Labute approximate surface area is 141 Å². The van der Waals surface area contributed by atoms with Crippen LogP contribution in [0.4, 0.5) is 0 Å². The van der Waals surface area contributed by atoms with Crippen LogP contribution in [0.2, 0.25) is 0 Å². The van der Waals surface area contributed by atoms with Crippen molar-refractivity contribution in [2.75, 3.05) is 6.54 Å². The summed E-state index contributed by atoms with van der Waals surface area (Å²) < 4.78 is 2.33. The fourth-order valence-electron chi connectivity index (χ4n) is 2.53. The molecule has 114 valence electrons. The Morgan fingerprint density at radius 3 is 2.35 bits per heavy atom. The van der Waals surface area contributed by atoms with Crippen LogP contribution >= 0.6 is 31.9 Å². The molecule has 0 fully saturated rings. The topological polar surface area (TPSA) is 12.0 Å². The molecule has 1 nitrogen and oxygen atoms in total. The largest absolute Gasteiger partial charge is 0.310 e. The number of nitrogens with one attached hydrogen (secondary N) is 1. The van der Waals surface area contributed by atoms with E-state index in [1.54, 1.807) is 0 Å². The van der Waals surface area contributed by atoms with Gasteiger partial charge in [-0.3, -0.25) is 0 Å². The molecule has 0 aliphatic rings. The number of halogens is 2. The number of hydrogen-bond donors (Lipinski definition) is 1. The Hall–Kier alpha value is 0.140. The van der Waals surface area contributed by atoms with Crippen LogP contribution in [0.25, 0.3) is 0 Å². The van der Waals surface area contributed by atoms with E-state index in [0.717, 1.165) is 11.0 Å². The second kappa shape index (κ2) is 10.8. The van der Waals surface area contributed by atoms with Gasteiger partial charge in [0.2, 0.25) is 0 Å². The minimum atomic E-state index is 0.466. The van der Waals surface area contributed by atoms with Crippen molar-refractivity contribution in [2.45, 2.75) is 64.8 Å². The highest BCUT2D eigenvalue weighted by molar-refractivity contribution is 9.11. The van der Waals surface area contributed by atoms with Gasteiger partial charge in [0.05, 0.1) is 0 Å².